The molecule has 25 heavy (non-hydrogen) atoms. The zero-order valence-corrected chi connectivity index (χ0v) is 14.2. The maximum atomic E-state index is 12.5. The second-order valence-electron chi connectivity index (χ2n) is 6.01. The van der Waals surface area contributed by atoms with Gasteiger partial charge in [0, 0.05) is 10.7 Å². The van der Waals surface area contributed by atoms with E-state index in [0.717, 1.165) is 16.6 Å². The number of amides is 2. The minimum absolute atomic E-state index is 0.0190. The summed E-state index contributed by atoms with van der Waals surface area (Å²) in [4.78, 5) is 29.1. The van der Waals surface area contributed by atoms with Crippen molar-refractivity contribution in [2.75, 3.05) is 10.6 Å². The summed E-state index contributed by atoms with van der Waals surface area (Å²) in [7, 11) is 0. The van der Waals surface area contributed by atoms with Gasteiger partial charge in [-0.1, -0.05) is 29.8 Å². The number of nitrogens with zero attached hydrogens (tertiary/aromatic N) is 2. The lowest BCUT2D eigenvalue weighted by atomic mass is 10.1. The van der Waals surface area contributed by atoms with E-state index in [1.165, 1.54) is 0 Å². The van der Waals surface area contributed by atoms with Crippen molar-refractivity contribution in [1.29, 1.82) is 0 Å². The lowest BCUT2D eigenvalue weighted by Crippen LogP contribution is -2.23. The molecule has 2 amide bonds. The molecule has 2 aromatic carbocycles. The van der Waals surface area contributed by atoms with E-state index in [2.05, 4.69) is 15.6 Å². The molecule has 0 saturated heterocycles. The summed E-state index contributed by atoms with van der Waals surface area (Å²) in [6.07, 6.45) is 0.0190. The van der Waals surface area contributed by atoms with Gasteiger partial charge in [0.15, 0.2) is 0 Å². The summed E-state index contributed by atoms with van der Waals surface area (Å²) in [6, 6.07) is 12.2. The molecule has 126 valence electrons. The molecule has 6 nitrogen and oxygen atoms in total. The quantitative estimate of drug-likeness (QED) is 0.755. The maximum absolute atomic E-state index is 12.5. The van der Waals surface area contributed by atoms with Crippen LogP contribution in [0.25, 0.3) is 11.0 Å². The molecule has 0 unspecified atom stereocenters. The van der Waals surface area contributed by atoms with Crippen LogP contribution in [-0.2, 0) is 9.59 Å². The molecule has 0 radical (unpaired) electrons. The Balaban J connectivity index is 1.60. The monoisotopic (exact) mass is 354 g/mol. The summed E-state index contributed by atoms with van der Waals surface area (Å²) in [5.74, 6) is -0.00898. The Morgan fingerprint density at radius 3 is 2.96 bits per heavy atom. The van der Waals surface area contributed by atoms with E-state index in [1.54, 1.807) is 16.7 Å². The van der Waals surface area contributed by atoms with Crippen LogP contribution < -0.4 is 10.6 Å². The summed E-state index contributed by atoms with van der Waals surface area (Å²) in [5.41, 5.74) is 3.16. The van der Waals surface area contributed by atoms with E-state index in [1.807, 2.05) is 37.3 Å². The molecule has 1 aliphatic rings. The highest BCUT2D eigenvalue weighted by atomic mass is 35.5. The Labute approximate surface area is 148 Å². The number of rotatable bonds is 3. The Morgan fingerprint density at radius 2 is 2.12 bits per heavy atom. The van der Waals surface area contributed by atoms with Gasteiger partial charge in [0.05, 0.1) is 17.5 Å². The normalized spacial score (nSPS) is 15.9. The Bertz CT molecular complexity index is 1010. The second kappa shape index (κ2) is 5.89. The minimum Gasteiger partial charge on any atom is -0.326 e. The number of anilines is 2. The zero-order chi connectivity index (χ0) is 17.6. The average Bonchev–Trinajstić information content (AvgIpc) is 3.07. The van der Waals surface area contributed by atoms with Crippen molar-refractivity contribution >= 4 is 46.1 Å². The van der Waals surface area contributed by atoms with Gasteiger partial charge in [-0.15, -0.1) is 0 Å². The number of hydrogen-bond donors (Lipinski definition) is 2. The molecule has 0 fully saturated rings. The first-order valence-electron chi connectivity index (χ1n) is 7.87. The third kappa shape index (κ3) is 2.74. The van der Waals surface area contributed by atoms with Crippen LogP contribution in [0.15, 0.2) is 42.5 Å². The molecule has 2 heterocycles. The van der Waals surface area contributed by atoms with E-state index in [-0.39, 0.29) is 18.2 Å². The summed E-state index contributed by atoms with van der Waals surface area (Å²) in [6.45, 7) is 1.88. The molecule has 1 atom stereocenters. The van der Waals surface area contributed by atoms with E-state index < -0.39 is 6.04 Å². The molecule has 1 aliphatic heterocycles. The van der Waals surface area contributed by atoms with Crippen LogP contribution >= 0.6 is 11.6 Å². The molecule has 0 aliphatic carbocycles. The van der Waals surface area contributed by atoms with Gasteiger partial charge >= 0.3 is 0 Å². The smallest absolute Gasteiger partial charge is 0.250 e. The first-order chi connectivity index (χ1) is 12.0. The lowest BCUT2D eigenvalue weighted by Gasteiger charge is -2.13. The number of carbonyl (C=O) groups excluding carboxylic acids is 2. The summed E-state index contributed by atoms with van der Waals surface area (Å²) >= 11 is 5.98. The molecule has 0 saturated carbocycles. The topological polar surface area (TPSA) is 76.0 Å². The Hall–Kier alpha value is -2.86. The van der Waals surface area contributed by atoms with Crippen LogP contribution in [0.5, 0.6) is 0 Å². The van der Waals surface area contributed by atoms with Crippen molar-refractivity contribution in [1.82, 2.24) is 9.55 Å². The van der Waals surface area contributed by atoms with Gasteiger partial charge in [-0.2, -0.15) is 0 Å². The third-order valence-electron chi connectivity index (χ3n) is 4.30. The van der Waals surface area contributed by atoms with Gasteiger partial charge < -0.3 is 5.32 Å². The molecule has 3 aromatic rings. The molecular formula is C18H15ClN4O2. The van der Waals surface area contributed by atoms with Crippen LogP contribution in [0.4, 0.5) is 11.6 Å². The van der Waals surface area contributed by atoms with Crippen molar-refractivity contribution in [2.45, 2.75) is 19.4 Å². The Morgan fingerprint density at radius 1 is 1.32 bits per heavy atom. The van der Waals surface area contributed by atoms with E-state index in [9.17, 15) is 9.59 Å². The zero-order valence-electron chi connectivity index (χ0n) is 13.4. The van der Waals surface area contributed by atoms with Gasteiger partial charge in [-0.05, 0) is 36.8 Å². The molecule has 4 rings (SSSR count). The van der Waals surface area contributed by atoms with E-state index >= 15 is 0 Å². The van der Waals surface area contributed by atoms with Gasteiger partial charge in [0.2, 0.25) is 17.8 Å². The fourth-order valence-corrected chi connectivity index (χ4v) is 3.22. The van der Waals surface area contributed by atoms with Crippen LogP contribution in [0.2, 0.25) is 5.02 Å². The van der Waals surface area contributed by atoms with E-state index in [4.69, 9.17) is 11.6 Å². The number of para-hydroxylation sites is 2. The highest BCUT2D eigenvalue weighted by molar-refractivity contribution is 6.31. The van der Waals surface area contributed by atoms with Crippen molar-refractivity contribution < 1.29 is 9.59 Å². The number of fused-ring (bicyclic) bond motifs is 3. The SMILES string of the molecule is Cc1ccc(Cl)cc1NC(=O)C[C@@H]1C(=O)Nc2nc3ccccc3n21. The first-order valence-corrected chi connectivity index (χ1v) is 8.24. The van der Waals surface area contributed by atoms with E-state index in [0.29, 0.717) is 16.7 Å². The van der Waals surface area contributed by atoms with Crippen LogP contribution in [0.3, 0.4) is 0 Å². The molecule has 0 bridgehead atoms. The molecule has 7 heteroatoms. The highest BCUT2D eigenvalue weighted by Gasteiger charge is 2.34. The summed E-state index contributed by atoms with van der Waals surface area (Å²) in [5, 5.41) is 6.11. The predicted molar refractivity (Wildman–Crippen MR) is 96.8 cm³/mol. The first kappa shape index (κ1) is 15.7. The molecule has 1 aromatic heterocycles. The van der Waals surface area contributed by atoms with Crippen molar-refractivity contribution in [3.63, 3.8) is 0 Å². The van der Waals surface area contributed by atoms with Gasteiger partial charge in [-0.25, -0.2) is 4.98 Å². The summed E-state index contributed by atoms with van der Waals surface area (Å²) < 4.78 is 1.78. The minimum atomic E-state index is -0.623. The number of halogens is 1. The molecular weight excluding hydrogens is 340 g/mol. The van der Waals surface area contributed by atoms with Crippen LogP contribution in [-0.4, -0.2) is 21.4 Å². The standard InChI is InChI=1S/C18H15ClN4O2/c1-10-6-7-11(19)8-13(10)20-16(24)9-15-17(25)22-18-21-12-4-2-3-5-14(12)23(15)18/h2-8,15H,9H2,1H3,(H,20,24)(H,21,22,25)/t15-/m1/s1. The highest BCUT2D eigenvalue weighted by Crippen LogP contribution is 2.32. The average molecular weight is 355 g/mol. The second-order valence-corrected chi connectivity index (χ2v) is 6.45. The number of imidazole rings is 1. The van der Waals surface area contributed by atoms with Crippen molar-refractivity contribution in [2.24, 2.45) is 0 Å². The number of hydrogen-bond acceptors (Lipinski definition) is 3. The van der Waals surface area contributed by atoms with Crippen molar-refractivity contribution in [3.05, 3.63) is 53.1 Å². The van der Waals surface area contributed by atoms with Crippen molar-refractivity contribution in [3.8, 4) is 0 Å². The number of aromatic nitrogens is 2. The number of aryl methyl sites for hydroxylation is 1. The predicted octanol–water partition coefficient (Wildman–Crippen LogP) is 3.52. The lowest BCUT2D eigenvalue weighted by molar-refractivity contribution is -0.123. The van der Waals surface area contributed by atoms with Gasteiger partial charge in [0.25, 0.3) is 0 Å². The molecule has 2 N–H and O–H groups in total. The Kier molecular flexibility index (Phi) is 3.69. The van der Waals surface area contributed by atoms with Gasteiger partial charge in [0.1, 0.15) is 6.04 Å². The number of carbonyl (C=O) groups is 2. The largest absolute Gasteiger partial charge is 0.326 e. The molecule has 0 spiro atoms. The number of nitrogens with one attached hydrogen (secondary N) is 2. The van der Waals surface area contributed by atoms with Crippen LogP contribution in [0.1, 0.15) is 18.0 Å². The maximum Gasteiger partial charge on any atom is 0.250 e. The number of benzene rings is 2. The fraction of sp³-hybridized carbons (Fsp3) is 0.167. The third-order valence-corrected chi connectivity index (χ3v) is 4.53. The van der Waals surface area contributed by atoms with Crippen LogP contribution in [0, 0.1) is 6.92 Å². The fourth-order valence-electron chi connectivity index (χ4n) is 3.05. The van der Waals surface area contributed by atoms with Gasteiger partial charge in [-0.3, -0.25) is 19.5 Å².